The third-order valence-corrected chi connectivity index (χ3v) is 14.6. The molecule has 3 rings (SSSR count). The predicted octanol–water partition coefficient (Wildman–Crippen LogP) is 8.10. The molecule has 0 saturated heterocycles. The van der Waals surface area contributed by atoms with Gasteiger partial charge in [-0.1, -0.05) is 139 Å². The first kappa shape index (κ1) is 38.0. The molecule has 0 radical (unpaired) electrons. The van der Waals surface area contributed by atoms with Gasteiger partial charge in [-0.3, -0.25) is 0 Å². The molecule has 0 saturated carbocycles. The number of hydrogen-bond donors (Lipinski definition) is 1. The van der Waals surface area contributed by atoms with Gasteiger partial charge in [-0.15, -0.1) is 11.5 Å². The molecule has 0 bridgehead atoms. The highest BCUT2D eigenvalue weighted by Crippen LogP contribution is 2.45. The molecule has 0 amide bonds. The minimum Gasteiger partial charge on any atom is -0.497 e. The van der Waals surface area contributed by atoms with Crippen LogP contribution in [0.2, 0.25) is 24.7 Å². The van der Waals surface area contributed by atoms with Crippen molar-refractivity contribution in [3.05, 3.63) is 103 Å². The molecule has 0 spiro atoms. The third kappa shape index (κ3) is 8.94. The van der Waals surface area contributed by atoms with Crippen LogP contribution in [0.1, 0.15) is 53.5 Å². The smallest absolute Gasteiger partial charge is 0.337 e. The summed E-state index contributed by atoms with van der Waals surface area (Å²) in [5, 5.41) is 13.3. The van der Waals surface area contributed by atoms with Gasteiger partial charge in [0, 0.05) is 24.4 Å². The van der Waals surface area contributed by atoms with Crippen LogP contribution in [0.4, 0.5) is 0 Å². The molecule has 7 heteroatoms. The maximum absolute atomic E-state index is 13.8. The lowest BCUT2D eigenvalue weighted by Gasteiger charge is -2.49. The molecule has 1 N–H and O–H groups in total. The summed E-state index contributed by atoms with van der Waals surface area (Å²) in [6.45, 7) is 19.4. The Labute approximate surface area is 285 Å². The Morgan fingerprint density at radius 2 is 1.43 bits per heavy atom. The summed E-state index contributed by atoms with van der Waals surface area (Å²) in [5.74, 6) is 2.87. The van der Waals surface area contributed by atoms with Gasteiger partial charge < -0.3 is 19.0 Å². The molecular weight excluding hydrogens is 617 g/mol. The average molecular weight is 671 g/mol. The van der Waals surface area contributed by atoms with Crippen molar-refractivity contribution in [2.75, 3.05) is 13.7 Å². The van der Waals surface area contributed by atoms with Crippen molar-refractivity contribution >= 4 is 32.7 Å². The first-order valence-electron chi connectivity index (χ1n) is 16.5. The number of hydrogen-bond acceptors (Lipinski definition) is 4. The Morgan fingerprint density at radius 3 is 1.85 bits per heavy atom. The van der Waals surface area contributed by atoms with Crippen LogP contribution < -0.4 is 15.1 Å². The predicted molar refractivity (Wildman–Crippen MR) is 200 cm³/mol. The Bertz CT molecular complexity index is 1490. The third-order valence-electron chi connectivity index (χ3n) is 8.74. The Hall–Kier alpha value is -3.42. The van der Waals surface area contributed by atoms with E-state index in [-0.39, 0.29) is 30.6 Å². The highest BCUT2D eigenvalue weighted by Gasteiger charge is 2.58. The number of benzene rings is 3. The number of rotatable bonds is 14. The lowest BCUT2D eigenvalue weighted by atomic mass is 9.69. The number of ether oxygens (including phenoxy) is 2. The van der Waals surface area contributed by atoms with Crippen molar-refractivity contribution in [1.29, 1.82) is 0 Å². The van der Waals surface area contributed by atoms with Gasteiger partial charge in [0.2, 0.25) is 0 Å². The molecular formula is C40H54O5Si2. The summed E-state index contributed by atoms with van der Waals surface area (Å²) < 4.78 is 19.5. The Kier molecular flexibility index (Phi) is 12.7. The van der Waals surface area contributed by atoms with E-state index < -0.39 is 33.4 Å². The zero-order valence-corrected chi connectivity index (χ0v) is 32.0. The maximum Gasteiger partial charge on any atom is 0.337 e. The standard InChI is InChI=1S/C40H54O5Si2/c1-11-27-39(6,31-45-47(38(3,4)5,35-18-14-12-15-19-35)36-20-16-13-17-21-36)40(37(41)42,29-32(2)26-28-46(8,9)10)44-30-33-22-24-34(43-7)25-23-33/h11-25,27,32H,29-31H2,1-10H3,(H,41,42)/b27-11+/t32-,39-,40+/m0/s1. The van der Waals surface area contributed by atoms with Crippen LogP contribution in [0.3, 0.4) is 0 Å². The number of carbonyl (C=O) groups is 1. The topological polar surface area (TPSA) is 65.0 Å². The van der Waals surface area contributed by atoms with E-state index in [2.05, 4.69) is 100 Å². The van der Waals surface area contributed by atoms with Crippen molar-refractivity contribution in [1.82, 2.24) is 0 Å². The van der Waals surface area contributed by atoms with Gasteiger partial charge in [-0.2, -0.15) is 0 Å². The number of carboxylic acid groups (broad SMARTS) is 1. The van der Waals surface area contributed by atoms with Crippen LogP contribution in [0, 0.1) is 22.8 Å². The quantitative estimate of drug-likeness (QED) is 0.107. The molecule has 252 valence electrons. The van der Waals surface area contributed by atoms with E-state index in [1.165, 1.54) is 0 Å². The second-order valence-electron chi connectivity index (χ2n) is 14.8. The van der Waals surface area contributed by atoms with Crippen LogP contribution in [0.5, 0.6) is 5.75 Å². The van der Waals surface area contributed by atoms with E-state index in [1.807, 2.05) is 69.3 Å². The first-order valence-corrected chi connectivity index (χ1v) is 21.9. The fourth-order valence-electron chi connectivity index (χ4n) is 6.29. The summed E-state index contributed by atoms with van der Waals surface area (Å²) in [6.07, 6.45) is 4.08. The summed E-state index contributed by atoms with van der Waals surface area (Å²) in [6, 6.07) is 28.4. The van der Waals surface area contributed by atoms with Gasteiger partial charge in [0.15, 0.2) is 5.60 Å². The lowest BCUT2D eigenvalue weighted by Crippen LogP contribution is -2.68. The maximum atomic E-state index is 13.8. The van der Waals surface area contributed by atoms with Crippen LogP contribution in [0.15, 0.2) is 97.1 Å². The number of allylic oxidation sites excluding steroid dienone is 1. The molecule has 0 aliphatic heterocycles. The zero-order chi connectivity index (χ0) is 34.9. The van der Waals surface area contributed by atoms with Crippen molar-refractivity contribution in [2.45, 2.75) is 84.9 Å². The van der Waals surface area contributed by atoms with E-state index in [0.717, 1.165) is 21.7 Å². The van der Waals surface area contributed by atoms with E-state index >= 15 is 0 Å². The highest BCUT2D eigenvalue weighted by atomic mass is 28.4. The molecule has 0 aliphatic carbocycles. The molecule has 0 heterocycles. The molecule has 5 nitrogen and oxygen atoms in total. The van der Waals surface area contributed by atoms with Crippen LogP contribution in [0.25, 0.3) is 0 Å². The number of methoxy groups -OCH3 is 1. The fourth-order valence-corrected chi connectivity index (χ4v) is 11.6. The summed E-state index contributed by atoms with van der Waals surface area (Å²) in [7, 11) is -3.07. The Balaban J connectivity index is 2.22. The molecule has 0 aliphatic rings. The normalized spacial score (nSPS) is 15.6. The molecule has 0 unspecified atom stereocenters. The average Bonchev–Trinajstić information content (AvgIpc) is 3.02. The molecule has 47 heavy (non-hydrogen) atoms. The van der Waals surface area contributed by atoms with E-state index in [9.17, 15) is 9.90 Å². The first-order chi connectivity index (χ1) is 22.0. The van der Waals surface area contributed by atoms with Crippen molar-refractivity contribution in [3.63, 3.8) is 0 Å². The monoisotopic (exact) mass is 670 g/mol. The highest BCUT2D eigenvalue weighted by molar-refractivity contribution is 6.99. The van der Waals surface area contributed by atoms with Crippen LogP contribution in [-0.2, 0) is 20.6 Å². The summed E-state index contributed by atoms with van der Waals surface area (Å²) in [4.78, 5) is 13.8. The number of carboxylic acids is 1. The fraction of sp³-hybridized carbons (Fsp3) is 0.425. The minimum atomic E-state index is -3.00. The van der Waals surface area contributed by atoms with E-state index in [1.54, 1.807) is 7.11 Å². The number of aliphatic carboxylic acids is 1. The Morgan fingerprint density at radius 1 is 0.894 bits per heavy atom. The van der Waals surface area contributed by atoms with Gasteiger partial charge in [0.05, 0.1) is 13.7 Å². The second-order valence-corrected chi connectivity index (χ2v) is 23.8. The molecule has 0 aromatic heterocycles. The van der Waals surface area contributed by atoms with Crippen molar-refractivity contribution < 1.29 is 23.8 Å². The van der Waals surface area contributed by atoms with Crippen LogP contribution >= 0.6 is 0 Å². The second kappa shape index (κ2) is 15.7. The van der Waals surface area contributed by atoms with E-state index in [0.29, 0.717) is 0 Å². The van der Waals surface area contributed by atoms with Crippen molar-refractivity contribution in [3.8, 4) is 17.2 Å². The largest absolute Gasteiger partial charge is 0.497 e. The van der Waals surface area contributed by atoms with Crippen LogP contribution in [-0.4, -0.2) is 46.8 Å². The zero-order valence-electron chi connectivity index (χ0n) is 30.0. The SMILES string of the molecule is C/C=C/[C@@](C)(CO[Si](c1ccccc1)(c1ccccc1)C(C)(C)C)[C@](C[C@@H](C)C#C[Si](C)(C)C)(OCc1ccc(OC)cc1)C(=O)O. The van der Waals surface area contributed by atoms with Gasteiger partial charge in [-0.25, -0.2) is 4.79 Å². The minimum absolute atomic E-state index is 0.108. The molecule has 3 atom stereocenters. The van der Waals surface area contributed by atoms with Gasteiger partial charge in [-0.05, 0) is 40.0 Å². The molecule has 0 fully saturated rings. The van der Waals surface area contributed by atoms with Gasteiger partial charge in [0.25, 0.3) is 8.32 Å². The summed E-state index contributed by atoms with van der Waals surface area (Å²) >= 11 is 0. The lowest BCUT2D eigenvalue weighted by molar-refractivity contribution is -0.191. The van der Waals surface area contributed by atoms with Gasteiger partial charge >= 0.3 is 5.97 Å². The van der Waals surface area contributed by atoms with Crippen molar-refractivity contribution in [2.24, 2.45) is 11.3 Å². The summed E-state index contributed by atoms with van der Waals surface area (Å²) in [5.41, 5.74) is 1.59. The van der Waals surface area contributed by atoms with Gasteiger partial charge in [0.1, 0.15) is 13.8 Å². The van der Waals surface area contributed by atoms with E-state index in [4.69, 9.17) is 13.9 Å². The molecule has 3 aromatic carbocycles. The molecule has 3 aromatic rings.